The van der Waals surface area contributed by atoms with E-state index in [0.29, 0.717) is 5.75 Å². The van der Waals surface area contributed by atoms with Crippen LogP contribution in [0, 0.1) is 0 Å². The normalized spacial score (nSPS) is 11.5. The predicted molar refractivity (Wildman–Crippen MR) is 114 cm³/mol. The van der Waals surface area contributed by atoms with Crippen molar-refractivity contribution in [1.29, 1.82) is 0 Å². The van der Waals surface area contributed by atoms with Crippen molar-refractivity contribution in [1.82, 2.24) is 0 Å². The second-order valence-corrected chi connectivity index (χ2v) is 9.42. The number of benzene rings is 2. The van der Waals surface area contributed by atoms with Gasteiger partial charge in [0.25, 0.3) is 0 Å². The molecule has 2 rings (SSSR count). The van der Waals surface area contributed by atoms with Gasteiger partial charge in [0.05, 0.1) is 0 Å². The summed E-state index contributed by atoms with van der Waals surface area (Å²) in [4.78, 5) is 17.6. The molecule has 0 aromatic heterocycles. The molecule has 11 heteroatoms. The zero-order valence-corrected chi connectivity index (χ0v) is 17.0. The number of thioether (sulfide) groups is 1. The van der Waals surface area contributed by atoms with Crippen molar-refractivity contribution in [2.24, 2.45) is 0 Å². The molecule has 2 N–H and O–H groups in total. The van der Waals surface area contributed by atoms with E-state index < -0.39 is 18.8 Å². The third-order valence-electron chi connectivity index (χ3n) is 3.17. The monoisotopic (exact) mass is 548 g/mol. The summed E-state index contributed by atoms with van der Waals surface area (Å²) < 4.78 is 39.5. The second kappa shape index (κ2) is 11.8. The first-order valence-corrected chi connectivity index (χ1v) is 11.0. The fraction of sp³-hybridized carbons (Fsp3) is 0.200. The first-order valence-electron chi connectivity index (χ1n) is 6.66. The van der Waals surface area contributed by atoms with Gasteiger partial charge in [-0.3, -0.25) is 4.57 Å². The van der Waals surface area contributed by atoms with E-state index in [0.717, 1.165) is 27.4 Å². The van der Waals surface area contributed by atoms with Crippen LogP contribution >= 0.6 is 51.2 Å². The van der Waals surface area contributed by atoms with E-state index in [-0.39, 0.29) is 63.6 Å². The maximum absolute atomic E-state index is 13.8. The predicted octanol–water partition coefficient (Wildman–Crippen LogP) is 4.58. The van der Waals surface area contributed by atoms with Crippen LogP contribution in [-0.2, 0) is 21.7 Å². The van der Waals surface area contributed by atoms with Crippen molar-refractivity contribution in [2.45, 2.75) is 17.2 Å². The summed E-state index contributed by atoms with van der Waals surface area (Å²) in [6, 6.07) is 11.9. The molecule has 3 nitrogen and oxygen atoms in total. The van der Waals surface area contributed by atoms with Crippen molar-refractivity contribution in [2.75, 3.05) is 0 Å². The van der Waals surface area contributed by atoms with Crippen LogP contribution < -0.4 is 0 Å². The molecule has 0 saturated heterocycles. The van der Waals surface area contributed by atoms with Gasteiger partial charge in [-0.05, 0) is 29.3 Å². The molecule has 0 aliphatic rings. The van der Waals surface area contributed by atoms with Crippen LogP contribution in [0.15, 0.2) is 51.4 Å². The first kappa shape index (κ1) is 27.8. The summed E-state index contributed by atoms with van der Waals surface area (Å²) >= 11 is 7.96. The van der Waals surface area contributed by atoms with Crippen LogP contribution in [0.3, 0.4) is 0 Å². The molecule has 26 heavy (non-hydrogen) atoms. The van der Waals surface area contributed by atoms with Crippen molar-refractivity contribution in [3.8, 4) is 0 Å². The zero-order valence-electron chi connectivity index (χ0n) is 12.1. The SMILES string of the molecule is O=P(O)(O)C(F)(F)c1ccc(CSCc2ccc(Br)cc2)cc1Br.[NaH].[NaH]. The van der Waals surface area contributed by atoms with Gasteiger partial charge in [0, 0.05) is 26.0 Å². The molecule has 0 atom stereocenters. The molecule has 134 valence electrons. The molecule has 0 unspecified atom stereocenters. The van der Waals surface area contributed by atoms with E-state index >= 15 is 0 Å². The number of alkyl halides is 2. The van der Waals surface area contributed by atoms with Crippen LogP contribution in [0.5, 0.6) is 0 Å². The van der Waals surface area contributed by atoms with Crippen molar-refractivity contribution in [3.05, 3.63) is 68.1 Å². The van der Waals surface area contributed by atoms with Crippen LogP contribution in [0.25, 0.3) is 0 Å². The fourth-order valence-corrected chi connectivity index (χ4v) is 4.46. The Kier molecular flexibility index (Phi) is 12.6. The fourth-order valence-electron chi connectivity index (χ4n) is 1.92. The Morgan fingerprint density at radius 3 is 1.96 bits per heavy atom. The van der Waals surface area contributed by atoms with Crippen LogP contribution in [0.4, 0.5) is 8.78 Å². The van der Waals surface area contributed by atoms with E-state index in [1.54, 1.807) is 11.8 Å². The standard InChI is InChI=1S/C15H13Br2F2O3PS.2Na.2H/c16-12-4-1-10(2-5-12)8-24-9-11-3-6-13(14(17)7-11)15(18,19)23(20,21)22;;;;/h1-7H,8-9H2,(H2,20,21,22);;;;. The minimum absolute atomic E-state index is 0. The van der Waals surface area contributed by atoms with Crippen LogP contribution in [-0.4, -0.2) is 68.9 Å². The Labute approximate surface area is 216 Å². The quantitative estimate of drug-likeness (QED) is 0.409. The number of halogens is 4. The van der Waals surface area contributed by atoms with Gasteiger partial charge in [0.1, 0.15) is 0 Å². The second-order valence-electron chi connectivity index (χ2n) is 5.02. The van der Waals surface area contributed by atoms with Gasteiger partial charge in [-0.2, -0.15) is 20.5 Å². The molecule has 0 aliphatic heterocycles. The molecule has 2 aromatic rings. The van der Waals surface area contributed by atoms with Crippen molar-refractivity contribution < 1.29 is 23.1 Å². The summed E-state index contributed by atoms with van der Waals surface area (Å²) in [7, 11) is -5.57. The number of hydrogen-bond donors (Lipinski definition) is 2. The Balaban J connectivity index is 0.00000312. The number of rotatable bonds is 6. The average molecular weight is 550 g/mol. The van der Waals surface area contributed by atoms with Crippen LogP contribution in [0.2, 0.25) is 0 Å². The molecular formula is C15H15Br2F2Na2O3PS. The number of hydrogen-bond acceptors (Lipinski definition) is 2. The van der Waals surface area contributed by atoms with Gasteiger partial charge in [-0.15, -0.1) is 0 Å². The summed E-state index contributed by atoms with van der Waals surface area (Å²) in [5.41, 5.74) is -2.99. The Hall–Kier alpha value is 1.76. The molecule has 0 fully saturated rings. The van der Waals surface area contributed by atoms with Gasteiger partial charge in [-0.25, -0.2) is 0 Å². The van der Waals surface area contributed by atoms with E-state index in [2.05, 4.69) is 31.9 Å². The maximum atomic E-state index is 13.8. The molecule has 0 bridgehead atoms. The average Bonchev–Trinajstić information content (AvgIpc) is 2.48. The molecule has 0 radical (unpaired) electrons. The molecule has 0 aliphatic carbocycles. The van der Waals surface area contributed by atoms with Gasteiger partial charge in [0.15, 0.2) is 0 Å². The minimum atomic E-state index is -5.57. The van der Waals surface area contributed by atoms with Crippen molar-refractivity contribution in [3.63, 3.8) is 0 Å². The molecule has 0 saturated carbocycles. The van der Waals surface area contributed by atoms with Gasteiger partial charge in [0.2, 0.25) is 0 Å². The summed E-state index contributed by atoms with van der Waals surface area (Å²) in [6.45, 7) is 0. The third-order valence-corrected chi connectivity index (χ3v) is 6.41. The van der Waals surface area contributed by atoms with Gasteiger partial charge < -0.3 is 9.79 Å². The summed E-state index contributed by atoms with van der Waals surface area (Å²) in [5.74, 6) is 1.36. The molecule has 0 spiro atoms. The Morgan fingerprint density at radius 1 is 0.962 bits per heavy atom. The van der Waals surface area contributed by atoms with E-state index in [4.69, 9.17) is 9.79 Å². The van der Waals surface area contributed by atoms with E-state index in [1.807, 2.05) is 24.3 Å². The van der Waals surface area contributed by atoms with Crippen LogP contribution in [0.1, 0.15) is 16.7 Å². The molecular weight excluding hydrogens is 535 g/mol. The summed E-state index contributed by atoms with van der Waals surface area (Å²) in [5, 5.41) is 0. The zero-order chi connectivity index (χ0) is 18.0. The van der Waals surface area contributed by atoms with Gasteiger partial charge >= 0.3 is 72.4 Å². The Bertz CT molecular complexity index is 776. The van der Waals surface area contributed by atoms with Gasteiger partial charge in [-0.1, -0.05) is 56.1 Å². The third kappa shape index (κ3) is 7.54. The van der Waals surface area contributed by atoms with Crippen molar-refractivity contribution >= 4 is 110 Å². The van der Waals surface area contributed by atoms with E-state index in [9.17, 15) is 13.3 Å². The molecule has 0 heterocycles. The first-order chi connectivity index (χ1) is 11.1. The molecule has 0 amide bonds. The topological polar surface area (TPSA) is 57.5 Å². The molecule has 2 aromatic carbocycles. The summed E-state index contributed by atoms with van der Waals surface area (Å²) in [6.07, 6.45) is 0. The van der Waals surface area contributed by atoms with E-state index in [1.165, 1.54) is 12.1 Å². The Morgan fingerprint density at radius 2 is 1.46 bits per heavy atom.